The van der Waals surface area contributed by atoms with E-state index in [1.54, 1.807) is 16.8 Å². The smallest absolute Gasteiger partial charge is 0.262 e. The fourth-order valence-corrected chi connectivity index (χ4v) is 2.57. The topological polar surface area (TPSA) is 91.2 Å². The van der Waals surface area contributed by atoms with Crippen LogP contribution in [0.5, 0.6) is 11.5 Å². The molecule has 0 aliphatic rings. The molecule has 1 amide bonds. The van der Waals surface area contributed by atoms with Crippen molar-refractivity contribution >= 4 is 11.6 Å². The molecule has 0 unspecified atom stereocenters. The van der Waals surface area contributed by atoms with Crippen molar-refractivity contribution in [2.45, 2.75) is 27.2 Å². The third-order valence-corrected chi connectivity index (χ3v) is 4.01. The molecule has 0 aliphatic carbocycles. The summed E-state index contributed by atoms with van der Waals surface area (Å²) in [7, 11) is 0. The number of aromatic nitrogens is 4. The van der Waals surface area contributed by atoms with Crippen molar-refractivity contribution in [3.8, 4) is 17.2 Å². The number of rotatable bonds is 8. The number of carbonyl (C=O) groups is 1. The summed E-state index contributed by atoms with van der Waals surface area (Å²) in [5.41, 5.74) is 2.45. The highest BCUT2D eigenvalue weighted by Gasteiger charge is 2.10. The van der Waals surface area contributed by atoms with Gasteiger partial charge in [-0.05, 0) is 72.7 Å². The number of amides is 1. The van der Waals surface area contributed by atoms with E-state index in [-0.39, 0.29) is 12.5 Å². The maximum Gasteiger partial charge on any atom is 0.262 e. The Kier molecular flexibility index (Phi) is 6.21. The zero-order valence-corrected chi connectivity index (χ0v) is 16.2. The van der Waals surface area contributed by atoms with Gasteiger partial charge in [-0.2, -0.15) is 4.68 Å². The Labute approximate surface area is 163 Å². The molecule has 0 spiro atoms. The first-order chi connectivity index (χ1) is 13.6. The van der Waals surface area contributed by atoms with Gasteiger partial charge < -0.3 is 14.8 Å². The first-order valence-electron chi connectivity index (χ1n) is 9.08. The first kappa shape index (κ1) is 19.3. The Balaban J connectivity index is 1.58. The lowest BCUT2D eigenvalue weighted by molar-refractivity contribution is -0.118. The molecule has 8 nitrogen and oxygen atoms in total. The van der Waals surface area contributed by atoms with E-state index < -0.39 is 0 Å². The number of tetrazole rings is 1. The van der Waals surface area contributed by atoms with E-state index in [1.807, 2.05) is 44.2 Å². The molecule has 3 rings (SSSR count). The van der Waals surface area contributed by atoms with E-state index >= 15 is 0 Å². The highest BCUT2D eigenvalue weighted by Crippen LogP contribution is 2.20. The van der Waals surface area contributed by atoms with Crippen LogP contribution in [0.1, 0.15) is 24.7 Å². The lowest BCUT2D eigenvalue weighted by atomic mass is 10.2. The molecule has 8 heteroatoms. The SMILES string of the molecule is CCCOc1ccc(OCC(=O)Nc2ccc(C)c(-n3nnnc3C)c2)cc1. The third kappa shape index (κ3) is 4.85. The van der Waals surface area contributed by atoms with Gasteiger partial charge in [-0.1, -0.05) is 13.0 Å². The number of carbonyl (C=O) groups excluding carboxylic acids is 1. The number of aryl methyl sites for hydroxylation is 2. The van der Waals surface area contributed by atoms with Crippen LogP contribution in [-0.2, 0) is 4.79 Å². The average Bonchev–Trinajstić information content (AvgIpc) is 3.12. The van der Waals surface area contributed by atoms with Gasteiger partial charge in [0, 0.05) is 5.69 Å². The Morgan fingerprint density at radius 1 is 1.07 bits per heavy atom. The van der Waals surface area contributed by atoms with E-state index in [9.17, 15) is 4.79 Å². The summed E-state index contributed by atoms with van der Waals surface area (Å²) in [4.78, 5) is 12.2. The van der Waals surface area contributed by atoms with Crippen LogP contribution in [0.4, 0.5) is 5.69 Å². The van der Waals surface area contributed by atoms with Crippen LogP contribution in [0, 0.1) is 13.8 Å². The average molecular weight is 381 g/mol. The Hall–Kier alpha value is -3.42. The van der Waals surface area contributed by atoms with Crippen molar-refractivity contribution in [1.82, 2.24) is 20.2 Å². The predicted molar refractivity (Wildman–Crippen MR) is 105 cm³/mol. The first-order valence-corrected chi connectivity index (χ1v) is 9.08. The second kappa shape index (κ2) is 8.98. The van der Waals surface area contributed by atoms with Crippen molar-refractivity contribution in [2.75, 3.05) is 18.5 Å². The Bertz CT molecular complexity index is 937. The van der Waals surface area contributed by atoms with E-state index in [2.05, 4.69) is 27.8 Å². The molecule has 0 saturated heterocycles. The summed E-state index contributed by atoms with van der Waals surface area (Å²) < 4.78 is 12.7. The molecule has 0 fully saturated rings. The molecular weight excluding hydrogens is 358 g/mol. The molecule has 0 atom stereocenters. The monoisotopic (exact) mass is 381 g/mol. The molecule has 2 aromatic carbocycles. The molecule has 0 bridgehead atoms. The van der Waals surface area contributed by atoms with Crippen LogP contribution in [0.2, 0.25) is 0 Å². The van der Waals surface area contributed by atoms with Crippen molar-refractivity contribution < 1.29 is 14.3 Å². The number of anilines is 1. The number of hydrogen-bond donors (Lipinski definition) is 1. The molecule has 0 radical (unpaired) electrons. The number of benzene rings is 2. The molecule has 1 heterocycles. The van der Waals surface area contributed by atoms with Crippen LogP contribution in [0.15, 0.2) is 42.5 Å². The minimum Gasteiger partial charge on any atom is -0.494 e. The zero-order valence-electron chi connectivity index (χ0n) is 16.2. The number of nitrogens with zero attached hydrogens (tertiary/aromatic N) is 4. The van der Waals surface area contributed by atoms with Gasteiger partial charge in [0.2, 0.25) is 0 Å². The molecule has 0 saturated carbocycles. The van der Waals surface area contributed by atoms with Crippen molar-refractivity contribution in [3.05, 3.63) is 53.9 Å². The highest BCUT2D eigenvalue weighted by atomic mass is 16.5. The second-order valence-corrected chi connectivity index (χ2v) is 6.30. The van der Waals surface area contributed by atoms with E-state index in [0.717, 1.165) is 23.4 Å². The van der Waals surface area contributed by atoms with Crippen molar-refractivity contribution in [3.63, 3.8) is 0 Å². The fourth-order valence-electron chi connectivity index (χ4n) is 2.57. The summed E-state index contributed by atoms with van der Waals surface area (Å²) in [6, 6.07) is 12.8. The lowest BCUT2D eigenvalue weighted by Gasteiger charge is -2.11. The Morgan fingerprint density at radius 2 is 1.79 bits per heavy atom. The molecule has 1 aromatic heterocycles. The predicted octanol–water partition coefficient (Wildman–Crippen LogP) is 3.09. The second-order valence-electron chi connectivity index (χ2n) is 6.30. The molecule has 3 aromatic rings. The van der Waals surface area contributed by atoms with Gasteiger partial charge in [-0.25, -0.2) is 0 Å². The van der Waals surface area contributed by atoms with Gasteiger partial charge in [0.25, 0.3) is 5.91 Å². The van der Waals surface area contributed by atoms with Crippen LogP contribution in [0.3, 0.4) is 0 Å². The summed E-state index contributed by atoms with van der Waals surface area (Å²) in [5, 5.41) is 14.4. The quantitative estimate of drug-likeness (QED) is 0.645. The van der Waals surface area contributed by atoms with E-state index in [1.165, 1.54) is 0 Å². The van der Waals surface area contributed by atoms with Gasteiger partial charge in [0.15, 0.2) is 12.4 Å². The minimum absolute atomic E-state index is 0.0950. The molecule has 0 aliphatic heterocycles. The number of hydrogen-bond acceptors (Lipinski definition) is 6. The summed E-state index contributed by atoms with van der Waals surface area (Å²) >= 11 is 0. The zero-order chi connectivity index (χ0) is 19.9. The number of nitrogens with one attached hydrogen (secondary N) is 1. The Morgan fingerprint density at radius 3 is 2.43 bits per heavy atom. The standard InChI is InChI=1S/C20H23N5O3/c1-4-11-27-17-7-9-18(10-8-17)28-13-20(26)21-16-6-5-14(2)19(12-16)25-15(3)22-23-24-25/h5-10,12H,4,11,13H2,1-3H3,(H,21,26). The van der Waals surface area contributed by atoms with E-state index in [4.69, 9.17) is 9.47 Å². The third-order valence-electron chi connectivity index (χ3n) is 4.01. The van der Waals surface area contributed by atoms with Crippen LogP contribution in [-0.4, -0.2) is 39.3 Å². The van der Waals surface area contributed by atoms with Crippen molar-refractivity contribution in [1.29, 1.82) is 0 Å². The molecular formula is C20H23N5O3. The van der Waals surface area contributed by atoms with Crippen molar-refractivity contribution in [2.24, 2.45) is 0 Å². The maximum absolute atomic E-state index is 12.2. The van der Waals surface area contributed by atoms with Gasteiger partial charge >= 0.3 is 0 Å². The summed E-state index contributed by atoms with van der Waals surface area (Å²) in [5.74, 6) is 1.80. The van der Waals surface area contributed by atoms with Crippen LogP contribution < -0.4 is 14.8 Å². The largest absolute Gasteiger partial charge is 0.494 e. The summed E-state index contributed by atoms with van der Waals surface area (Å²) in [6.45, 7) is 6.40. The van der Waals surface area contributed by atoms with Gasteiger partial charge in [-0.3, -0.25) is 4.79 Å². The fraction of sp³-hybridized carbons (Fsp3) is 0.300. The van der Waals surface area contributed by atoms with E-state index in [0.29, 0.717) is 23.9 Å². The summed E-state index contributed by atoms with van der Waals surface area (Å²) in [6.07, 6.45) is 0.951. The van der Waals surface area contributed by atoms with Crippen LogP contribution in [0.25, 0.3) is 5.69 Å². The molecule has 146 valence electrons. The minimum atomic E-state index is -0.255. The van der Waals surface area contributed by atoms with Gasteiger partial charge in [-0.15, -0.1) is 5.10 Å². The lowest BCUT2D eigenvalue weighted by Crippen LogP contribution is -2.20. The molecule has 28 heavy (non-hydrogen) atoms. The normalized spacial score (nSPS) is 10.5. The maximum atomic E-state index is 12.2. The van der Waals surface area contributed by atoms with Crippen LogP contribution >= 0.6 is 0 Å². The van der Waals surface area contributed by atoms with Gasteiger partial charge in [0.1, 0.15) is 11.5 Å². The molecule has 1 N–H and O–H groups in total. The highest BCUT2D eigenvalue weighted by molar-refractivity contribution is 5.92. The number of ether oxygens (including phenoxy) is 2. The van der Waals surface area contributed by atoms with Gasteiger partial charge in [0.05, 0.1) is 12.3 Å².